The topological polar surface area (TPSA) is 68.3 Å². The molecule has 0 saturated carbocycles. The summed E-state index contributed by atoms with van der Waals surface area (Å²) in [5, 5.41) is 23.9. The molecule has 1 aliphatic heterocycles. The van der Waals surface area contributed by atoms with Crippen LogP contribution in [0, 0.1) is 0 Å². The molecule has 2 heterocycles. The Hall–Kier alpha value is -1.07. The SMILES string of the molecule is OC[C@H](O)C[C@@H]1NCCc2c1[nH]c1ccc(Cl)cc21. The molecule has 0 bridgehead atoms. The lowest BCUT2D eigenvalue weighted by Gasteiger charge is -2.25. The summed E-state index contributed by atoms with van der Waals surface area (Å²) in [6.07, 6.45) is 0.754. The second-order valence-electron chi connectivity index (χ2n) is 5.04. The number of hydrogen-bond acceptors (Lipinski definition) is 3. The number of aliphatic hydroxyl groups is 2. The van der Waals surface area contributed by atoms with E-state index in [-0.39, 0.29) is 12.6 Å². The van der Waals surface area contributed by atoms with E-state index in [1.807, 2.05) is 18.2 Å². The zero-order valence-electron chi connectivity index (χ0n) is 10.5. The largest absolute Gasteiger partial charge is 0.394 e. The molecule has 102 valence electrons. The van der Waals surface area contributed by atoms with E-state index in [1.165, 1.54) is 5.56 Å². The number of aromatic amines is 1. The molecule has 2 atom stereocenters. The van der Waals surface area contributed by atoms with Crippen molar-refractivity contribution in [3.8, 4) is 0 Å². The van der Waals surface area contributed by atoms with Crippen molar-refractivity contribution in [2.24, 2.45) is 0 Å². The van der Waals surface area contributed by atoms with Gasteiger partial charge in [-0.05, 0) is 43.1 Å². The summed E-state index contributed by atoms with van der Waals surface area (Å²) >= 11 is 6.06. The van der Waals surface area contributed by atoms with Crippen molar-refractivity contribution in [2.45, 2.75) is 25.0 Å². The fourth-order valence-electron chi connectivity index (χ4n) is 2.83. The second kappa shape index (κ2) is 5.13. The van der Waals surface area contributed by atoms with Crippen LogP contribution in [0.3, 0.4) is 0 Å². The highest BCUT2D eigenvalue weighted by atomic mass is 35.5. The number of halogens is 1. The molecular weight excluding hydrogens is 264 g/mol. The smallest absolute Gasteiger partial charge is 0.0789 e. The quantitative estimate of drug-likeness (QED) is 0.692. The maximum absolute atomic E-state index is 9.63. The van der Waals surface area contributed by atoms with Gasteiger partial charge in [0.2, 0.25) is 0 Å². The Morgan fingerprint density at radius 1 is 1.42 bits per heavy atom. The Kier molecular flexibility index (Phi) is 3.50. The van der Waals surface area contributed by atoms with E-state index >= 15 is 0 Å². The van der Waals surface area contributed by atoms with Crippen molar-refractivity contribution in [2.75, 3.05) is 13.2 Å². The van der Waals surface area contributed by atoms with Crippen molar-refractivity contribution in [3.05, 3.63) is 34.5 Å². The summed E-state index contributed by atoms with van der Waals surface area (Å²) in [6.45, 7) is 0.662. The van der Waals surface area contributed by atoms with Crippen LogP contribution >= 0.6 is 11.6 Å². The van der Waals surface area contributed by atoms with E-state index in [1.54, 1.807) is 0 Å². The van der Waals surface area contributed by atoms with Gasteiger partial charge in [-0.3, -0.25) is 0 Å². The zero-order valence-corrected chi connectivity index (χ0v) is 11.2. The van der Waals surface area contributed by atoms with E-state index in [9.17, 15) is 5.11 Å². The van der Waals surface area contributed by atoms with Gasteiger partial charge in [-0.15, -0.1) is 0 Å². The van der Waals surface area contributed by atoms with Gasteiger partial charge in [0.1, 0.15) is 0 Å². The first-order chi connectivity index (χ1) is 9.19. The third-order valence-corrected chi connectivity index (χ3v) is 3.97. The Balaban J connectivity index is 2.02. The van der Waals surface area contributed by atoms with Gasteiger partial charge < -0.3 is 20.5 Å². The average molecular weight is 281 g/mol. The molecule has 19 heavy (non-hydrogen) atoms. The van der Waals surface area contributed by atoms with Gasteiger partial charge in [0.15, 0.2) is 0 Å². The summed E-state index contributed by atoms with van der Waals surface area (Å²) in [5.74, 6) is 0. The van der Waals surface area contributed by atoms with Crippen LogP contribution in [0.5, 0.6) is 0 Å². The molecule has 2 aromatic rings. The average Bonchev–Trinajstić information content (AvgIpc) is 2.78. The van der Waals surface area contributed by atoms with Gasteiger partial charge in [-0.25, -0.2) is 0 Å². The summed E-state index contributed by atoms with van der Waals surface area (Å²) < 4.78 is 0. The zero-order chi connectivity index (χ0) is 13.4. The highest BCUT2D eigenvalue weighted by Gasteiger charge is 2.25. The lowest BCUT2D eigenvalue weighted by Crippen LogP contribution is -2.33. The molecule has 1 aromatic heterocycles. The van der Waals surface area contributed by atoms with E-state index < -0.39 is 6.10 Å². The van der Waals surface area contributed by atoms with E-state index in [0.29, 0.717) is 6.42 Å². The number of fused-ring (bicyclic) bond motifs is 3. The van der Waals surface area contributed by atoms with E-state index in [0.717, 1.165) is 34.6 Å². The molecule has 5 heteroatoms. The molecule has 0 unspecified atom stereocenters. The Labute approximate surface area is 116 Å². The fraction of sp³-hybridized carbons (Fsp3) is 0.429. The Morgan fingerprint density at radius 2 is 2.26 bits per heavy atom. The molecular formula is C14H17ClN2O2. The number of nitrogens with one attached hydrogen (secondary N) is 2. The molecule has 0 aliphatic carbocycles. The minimum absolute atomic E-state index is 0.0528. The van der Waals surface area contributed by atoms with Crippen LogP contribution in [0.15, 0.2) is 18.2 Å². The predicted molar refractivity (Wildman–Crippen MR) is 75.5 cm³/mol. The Bertz CT molecular complexity index is 596. The van der Waals surface area contributed by atoms with Crippen LogP contribution in [-0.2, 0) is 6.42 Å². The molecule has 1 aromatic carbocycles. The third kappa shape index (κ3) is 2.37. The van der Waals surface area contributed by atoms with Crippen molar-refractivity contribution in [1.82, 2.24) is 10.3 Å². The molecule has 0 radical (unpaired) electrons. The van der Waals surface area contributed by atoms with E-state index in [4.69, 9.17) is 16.7 Å². The van der Waals surface area contributed by atoms with Crippen LogP contribution < -0.4 is 5.32 Å². The molecule has 0 fully saturated rings. The standard InChI is InChI=1S/C14H17ClN2O2/c15-8-1-2-12-11(5-8)10-3-4-16-13(14(10)17-12)6-9(19)7-18/h1-2,5,9,13,16-19H,3-4,6-7H2/t9-,13+/m1/s1. The summed E-state index contributed by atoms with van der Waals surface area (Å²) in [7, 11) is 0. The highest BCUT2D eigenvalue weighted by Crippen LogP contribution is 2.33. The van der Waals surface area contributed by atoms with Gasteiger partial charge >= 0.3 is 0 Å². The third-order valence-electron chi connectivity index (χ3n) is 3.73. The van der Waals surface area contributed by atoms with Gasteiger partial charge in [-0.1, -0.05) is 11.6 Å². The van der Waals surface area contributed by atoms with Crippen LogP contribution in [0.2, 0.25) is 5.02 Å². The highest BCUT2D eigenvalue weighted by molar-refractivity contribution is 6.31. The number of benzene rings is 1. The first-order valence-electron chi connectivity index (χ1n) is 6.51. The summed E-state index contributed by atoms with van der Waals surface area (Å²) in [4.78, 5) is 3.41. The maximum Gasteiger partial charge on any atom is 0.0789 e. The molecule has 0 amide bonds. The summed E-state index contributed by atoms with van der Waals surface area (Å²) in [5.41, 5.74) is 3.45. The second-order valence-corrected chi connectivity index (χ2v) is 5.47. The number of rotatable bonds is 3. The fourth-order valence-corrected chi connectivity index (χ4v) is 3.00. The first kappa shape index (κ1) is 12.9. The van der Waals surface area contributed by atoms with Gasteiger partial charge in [0.25, 0.3) is 0 Å². The molecule has 0 saturated heterocycles. The number of aliphatic hydroxyl groups excluding tert-OH is 2. The molecule has 3 rings (SSSR count). The lowest BCUT2D eigenvalue weighted by molar-refractivity contribution is 0.0780. The number of hydrogen-bond donors (Lipinski definition) is 4. The van der Waals surface area contributed by atoms with Gasteiger partial charge in [0, 0.05) is 21.6 Å². The molecule has 1 aliphatic rings. The molecule has 4 N–H and O–H groups in total. The minimum Gasteiger partial charge on any atom is -0.394 e. The van der Waals surface area contributed by atoms with Crippen molar-refractivity contribution in [1.29, 1.82) is 0 Å². The van der Waals surface area contributed by atoms with E-state index in [2.05, 4.69) is 10.3 Å². The van der Waals surface area contributed by atoms with Gasteiger partial charge in [-0.2, -0.15) is 0 Å². The molecule has 0 spiro atoms. The lowest BCUT2D eigenvalue weighted by atomic mass is 9.96. The van der Waals surface area contributed by atoms with Crippen LogP contribution in [0.1, 0.15) is 23.7 Å². The maximum atomic E-state index is 9.63. The first-order valence-corrected chi connectivity index (χ1v) is 6.89. The van der Waals surface area contributed by atoms with Crippen LogP contribution in [0.25, 0.3) is 10.9 Å². The van der Waals surface area contributed by atoms with Crippen LogP contribution in [0.4, 0.5) is 0 Å². The normalized spacial score (nSPS) is 20.5. The molecule has 4 nitrogen and oxygen atoms in total. The van der Waals surface area contributed by atoms with Gasteiger partial charge in [0.05, 0.1) is 18.8 Å². The predicted octanol–water partition coefficient (Wildman–Crippen LogP) is 1.75. The summed E-state index contributed by atoms with van der Waals surface area (Å²) in [6, 6.07) is 5.89. The number of aromatic nitrogens is 1. The van der Waals surface area contributed by atoms with Crippen LogP contribution in [-0.4, -0.2) is 34.5 Å². The van der Waals surface area contributed by atoms with Crippen molar-refractivity contribution < 1.29 is 10.2 Å². The Morgan fingerprint density at radius 3 is 3.05 bits per heavy atom. The monoisotopic (exact) mass is 280 g/mol. The van der Waals surface area contributed by atoms with Crippen molar-refractivity contribution >= 4 is 22.5 Å². The number of H-pyrrole nitrogens is 1. The minimum atomic E-state index is -0.696. The van der Waals surface area contributed by atoms with Crippen molar-refractivity contribution in [3.63, 3.8) is 0 Å².